The number of pyridine rings is 1. The van der Waals surface area contributed by atoms with Crippen LogP contribution in [0.5, 0.6) is 0 Å². The quantitative estimate of drug-likeness (QED) is 0.883. The van der Waals surface area contributed by atoms with Crippen molar-refractivity contribution in [3.63, 3.8) is 0 Å². The Kier molecular flexibility index (Phi) is 3.23. The van der Waals surface area contributed by atoms with Crippen LogP contribution in [0.3, 0.4) is 0 Å². The molecule has 0 amide bonds. The maximum absolute atomic E-state index is 9.82. The highest BCUT2D eigenvalue weighted by molar-refractivity contribution is 6.32. The fourth-order valence-electron chi connectivity index (χ4n) is 1.36. The van der Waals surface area contributed by atoms with Gasteiger partial charge in [0.25, 0.3) is 0 Å². The molecule has 2 rings (SSSR count). The zero-order valence-corrected chi connectivity index (χ0v) is 11.1. The maximum atomic E-state index is 9.82. The lowest BCUT2D eigenvalue weighted by molar-refractivity contribution is 0.0734. The van der Waals surface area contributed by atoms with Gasteiger partial charge in [0.15, 0.2) is 5.82 Å². The molecule has 96 valence electrons. The van der Waals surface area contributed by atoms with E-state index in [1.54, 1.807) is 33.2 Å². The molecule has 0 unspecified atom stereocenters. The van der Waals surface area contributed by atoms with E-state index in [-0.39, 0.29) is 0 Å². The third kappa shape index (κ3) is 2.44. The van der Waals surface area contributed by atoms with Gasteiger partial charge in [0.2, 0.25) is 0 Å². The lowest BCUT2D eigenvalue weighted by atomic mass is 10.1. The number of halogens is 1. The fraction of sp³-hybridized carbons (Fsp3) is 0.364. The predicted octanol–water partition coefficient (Wildman–Crippen LogP) is 1.58. The molecule has 0 saturated carbocycles. The van der Waals surface area contributed by atoms with Crippen LogP contribution in [0.4, 0.5) is 5.69 Å². The van der Waals surface area contributed by atoms with E-state index in [2.05, 4.69) is 20.5 Å². The van der Waals surface area contributed by atoms with E-state index < -0.39 is 5.60 Å². The second kappa shape index (κ2) is 4.55. The van der Waals surface area contributed by atoms with Crippen molar-refractivity contribution >= 4 is 17.3 Å². The summed E-state index contributed by atoms with van der Waals surface area (Å²) in [5.74, 6) is 0.422. The summed E-state index contributed by atoms with van der Waals surface area (Å²) in [6.45, 7) is 3.28. The molecule has 2 aromatic heterocycles. The minimum Gasteiger partial charge on any atom is -0.387 e. The topological polar surface area (TPSA) is 75.9 Å². The third-order valence-corrected chi connectivity index (χ3v) is 2.70. The number of nitrogens with zero attached hydrogens (tertiary/aromatic N) is 4. The summed E-state index contributed by atoms with van der Waals surface area (Å²) in [7, 11) is 1.78. The number of aromatic nitrogens is 4. The molecule has 0 aliphatic rings. The lowest BCUT2D eigenvalue weighted by Gasteiger charge is -2.12. The van der Waals surface area contributed by atoms with Crippen molar-refractivity contribution < 1.29 is 5.11 Å². The van der Waals surface area contributed by atoms with Crippen molar-refractivity contribution in [2.45, 2.75) is 19.4 Å². The van der Waals surface area contributed by atoms with Crippen LogP contribution in [-0.2, 0) is 5.60 Å². The summed E-state index contributed by atoms with van der Waals surface area (Å²) in [6, 6.07) is 1.73. The average molecular weight is 268 g/mol. The van der Waals surface area contributed by atoms with Gasteiger partial charge < -0.3 is 10.4 Å². The fourth-order valence-corrected chi connectivity index (χ4v) is 1.60. The van der Waals surface area contributed by atoms with Crippen LogP contribution in [0.25, 0.3) is 5.82 Å². The van der Waals surface area contributed by atoms with Crippen molar-refractivity contribution in [1.82, 2.24) is 20.0 Å². The van der Waals surface area contributed by atoms with Gasteiger partial charge in [-0.25, -0.2) is 4.98 Å². The van der Waals surface area contributed by atoms with Gasteiger partial charge in [-0.3, -0.25) is 0 Å². The van der Waals surface area contributed by atoms with E-state index in [9.17, 15) is 5.11 Å². The molecule has 0 aliphatic heterocycles. The normalized spacial score (nSPS) is 11.6. The van der Waals surface area contributed by atoms with Crippen LogP contribution >= 0.6 is 11.6 Å². The molecule has 0 atom stereocenters. The van der Waals surface area contributed by atoms with Gasteiger partial charge in [-0.1, -0.05) is 11.6 Å². The lowest BCUT2D eigenvalue weighted by Crippen LogP contribution is -2.16. The van der Waals surface area contributed by atoms with Crippen LogP contribution < -0.4 is 5.32 Å². The second-order valence-electron chi connectivity index (χ2n) is 4.36. The molecule has 0 aromatic carbocycles. The first kappa shape index (κ1) is 12.8. The number of aliphatic hydroxyl groups is 1. The van der Waals surface area contributed by atoms with Crippen molar-refractivity contribution in [3.8, 4) is 5.82 Å². The van der Waals surface area contributed by atoms with Crippen LogP contribution in [0, 0.1) is 0 Å². The molecule has 0 radical (unpaired) electrons. The first-order valence-electron chi connectivity index (χ1n) is 5.40. The molecular formula is C11H14ClN5O. The molecule has 0 aliphatic carbocycles. The largest absolute Gasteiger partial charge is 0.387 e. The molecular weight excluding hydrogens is 254 g/mol. The SMILES string of the molecule is CNc1cnc(-n2ncc(C(C)(C)O)n2)c(Cl)c1. The van der Waals surface area contributed by atoms with Crippen LogP contribution in [0.15, 0.2) is 18.5 Å². The van der Waals surface area contributed by atoms with E-state index in [4.69, 9.17) is 11.6 Å². The molecule has 7 heteroatoms. The van der Waals surface area contributed by atoms with Crippen molar-refractivity contribution in [2.75, 3.05) is 12.4 Å². The minimum atomic E-state index is -1.05. The standard InChI is InChI=1S/C11H14ClN5O/c1-11(2,18)9-6-15-17(16-9)10-8(12)4-7(13-3)5-14-10/h4-6,13,18H,1-3H3. The number of nitrogens with one attached hydrogen (secondary N) is 1. The summed E-state index contributed by atoms with van der Waals surface area (Å²) < 4.78 is 0. The van der Waals surface area contributed by atoms with Gasteiger partial charge in [-0.15, -0.1) is 9.90 Å². The number of hydrogen-bond acceptors (Lipinski definition) is 5. The van der Waals surface area contributed by atoms with Gasteiger partial charge in [0.05, 0.1) is 23.1 Å². The third-order valence-electron chi connectivity index (χ3n) is 2.42. The van der Waals surface area contributed by atoms with E-state index >= 15 is 0 Å². The molecule has 0 spiro atoms. The molecule has 18 heavy (non-hydrogen) atoms. The smallest absolute Gasteiger partial charge is 0.193 e. The van der Waals surface area contributed by atoms with Crippen LogP contribution in [0.2, 0.25) is 5.02 Å². The Morgan fingerprint density at radius 2 is 2.11 bits per heavy atom. The van der Waals surface area contributed by atoms with Gasteiger partial charge in [-0.05, 0) is 19.9 Å². The number of rotatable bonds is 3. The molecule has 0 saturated heterocycles. The van der Waals surface area contributed by atoms with Gasteiger partial charge >= 0.3 is 0 Å². The summed E-state index contributed by atoms with van der Waals surface area (Å²) in [5, 5.41) is 21.4. The Labute approximate surface area is 110 Å². The molecule has 0 fully saturated rings. The summed E-state index contributed by atoms with van der Waals surface area (Å²) in [6.07, 6.45) is 3.12. The van der Waals surface area contributed by atoms with E-state index in [0.29, 0.717) is 16.5 Å². The summed E-state index contributed by atoms with van der Waals surface area (Å²) in [4.78, 5) is 5.48. The summed E-state index contributed by atoms with van der Waals surface area (Å²) in [5.41, 5.74) is 0.215. The van der Waals surface area contributed by atoms with E-state index in [0.717, 1.165) is 5.69 Å². The molecule has 2 aromatic rings. The van der Waals surface area contributed by atoms with Gasteiger partial charge in [0.1, 0.15) is 11.3 Å². The Hall–Kier alpha value is -1.66. The Morgan fingerprint density at radius 3 is 2.61 bits per heavy atom. The van der Waals surface area contributed by atoms with Crippen molar-refractivity contribution in [2.24, 2.45) is 0 Å². The highest BCUT2D eigenvalue weighted by Crippen LogP contribution is 2.22. The minimum absolute atomic E-state index is 0.422. The second-order valence-corrected chi connectivity index (χ2v) is 4.76. The first-order chi connectivity index (χ1) is 8.41. The highest BCUT2D eigenvalue weighted by atomic mass is 35.5. The molecule has 0 bridgehead atoms. The van der Waals surface area contributed by atoms with Gasteiger partial charge in [-0.2, -0.15) is 5.10 Å². The van der Waals surface area contributed by atoms with E-state index in [1.807, 2.05) is 0 Å². The van der Waals surface area contributed by atoms with Crippen LogP contribution in [0.1, 0.15) is 19.5 Å². The average Bonchev–Trinajstić information content (AvgIpc) is 2.77. The Morgan fingerprint density at radius 1 is 1.39 bits per heavy atom. The van der Waals surface area contributed by atoms with E-state index in [1.165, 1.54) is 11.0 Å². The molecule has 2 N–H and O–H groups in total. The van der Waals surface area contributed by atoms with Crippen molar-refractivity contribution in [3.05, 3.63) is 29.2 Å². The van der Waals surface area contributed by atoms with Gasteiger partial charge in [0, 0.05) is 7.05 Å². The number of anilines is 1. The molecule has 6 nitrogen and oxygen atoms in total. The predicted molar refractivity (Wildman–Crippen MR) is 69.0 cm³/mol. The summed E-state index contributed by atoms with van der Waals surface area (Å²) >= 11 is 6.10. The highest BCUT2D eigenvalue weighted by Gasteiger charge is 2.21. The van der Waals surface area contributed by atoms with Crippen LogP contribution in [-0.4, -0.2) is 32.1 Å². The molecule has 2 heterocycles. The zero-order chi connectivity index (χ0) is 13.3. The zero-order valence-electron chi connectivity index (χ0n) is 10.3. The monoisotopic (exact) mass is 267 g/mol. The first-order valence-corrected chi connectivity index (χ1v) is 5.78. The Bertz CT molecular complexity index is 561. The maximum Gasteiger partial charge on any atom is 0.193 e. The van der Waals surface area contributed by atoms with Crippen molar-refractivity contribution in [1.29, 1.82) is 0 Å². The Balaban J connectivity index is 2.40. The number of hydrogen-bond donors (Lipinski definition) is 2.